The molecule has 5 heteroatoms. The van der Waals surface area contributed by atoms with Crippen LogP contribution in [0.2, 0.25) is 0 Å². The number of benzene rings is 1. The van der Waals surface area contributed by atoms with Gasteiger partial charge in [-0.15, -0.1) is 0 Å². The molecule has 0 saturated carbocycles. The zero-order valence-electron chi connectivity index (χ0n) is 9.09. The van der Waals surface area contributed by atoms with E-state index in [1.54, 1.807) is 18.9 Å². The van der Waals surface area contributed by atoms with Gasteiger partial charge in [-0.05, 0) is 12.1 Å². The molecule has 0 aliphatic carbocycles. The van der Waals surface area contributed by atoms with Crippen molar-refractivity contribution in [3.8, 4) is 0 Å². The first kappa shape index (κ1) is 9.77. The second-order valence-corrected chi connectivity index (χ2v) is 3.67. The van der Waals surface area contributed by atoms with Crippen LogP contribution in [0.1, 0.15) is 5.69 Å². The fraction of sp³-hybridized carbons (Fsp3) is 0.0833. The molecule has 0 fully saturated rings. The van der Waals surface area contributed by atoms with Crippen LogP contribution in [-0.4, -0.2) is 19.9 Å². The van der Waals surface area contributed by atoms with Gasteiger partial charge in [-0.1, -0.05) is 12.1 Å². The molecule has 0 amide bonds. The Morgan fingerprint density at radius 2 is 2.12 bits per heavy atom. The number of aromatic nitrogens is 4. The number of nitrogens with zero attached hydrogens (tertiary/aromatic N) is 3. The highest BCUT2D eigenvalue weighted by Gasteiger charge is 2.02. The number of hydrogen-bond acceptors (Lipinski definition) is 4. The Kier molecular flexibility index (Phi) is 2.42. The number of fused-ring (bicyclic) bond motifs is 1. The van der Waals surface area contributed by atoms with Crippen LogP contribution >= 0.6 is 0 Å². The summed E-state index contributed by atoms with van der Waals surface area (Å²) in [6, 6.07) is 7.92. The maximum atomic E-state index is 4.25. The Hall–Kier alpha value is -2.43. The molecule has 0 atom stereocenters. The van der Waals surface area contributed by atoms with Crippen molar-refractivity contribution in [3.63, 3.8) is 0 Å². The molecule has 0 saturated heterocycles. The number of nitrogens with one attached hydrogen (secondary N) is 2. The largest absolute Gasteiger partial charge is 0.364 e. The topological polar surface area (TPSA) is 66.5 Å². The standard InChI is InChI=1S/C12H11N5/c1-2-4-11-10(3-1)12(17-8-16-11)14-6-9-5-13-7-15-9/h1-5,7-8H,6H2,(H,13,15)(H,14,16,17). The monoisotopic (exact) mass is 225 g/mol. The van der Waals surface area contributed by atoms with Crippen LogP contribution in [0.4, 0.5) is 5.82 Å². The molecule has 0 unspecified atom stereocenters. The fourth-order valence-electron chi connectivity index (χ4n) is 1.71. The molecule has 17 heavy (non-hydrogen) atoms. The summed E-state index contributed by atoms with van der Waals surface area (Å²) in [4.78, 5) is 15.5. The molecule has 2 N–H and O–H groups in total. The van der Waals surface area contributed by atoms with Crippen molar-refractivity contribution in [2.75, 3.05) is 5.32 Å². The molecule has 5 nitrogen and oxygen atoms in total. The number of hydrogen-bond donors (Lipinski definition) is 2. The maximum absolute atomic E-state index is 4.25. The Labute approximate surface area is 98.0 Å². The lowest BCUT2D eigenvalue weighted by molar-refractivity contribution is 1.05. The normalized spacial score (nSPS) is 10.6. The lowest BCUT2D eigenvalue weighted by Crippen LogP contribution is -2.02. The summed E-state index contributed by atoms with van der Waals surface area (Å²) in [7, 11) is 0. The van der Waals surface area contributed by atoms with E-state index in [9.17, 15) is 0 Å². The summed E-state index contributed by atoms with van der Waals surface area (Å²) in [5.74, 6) is 0.838. The Balaban J connectivity index is 1.90. The third kappa shape index (κ3) is 1.94. The molecule has 84 valence electrons. The smallest absolute Gasteiger partial charge is 0.137 e. The van der Waals surface area contributed by atoms with E-state index in [-0.39, 0.29) is 0 Å². The van der Waals surface area contributed by atoms with Crippen molar-refractivity contribution < 1.29 is 0 Å². The minimum absolute atomic E-state index is 0.668. The molecule has 0 radical (unpaired) electrons. The van der Waals surface area contributed by atoms with Gasteiger partial charge in [-0.2, -0.15) is 0 Å². The van der Waals surface area contributed by atoms with E-state index in [1.165, 1.54) is 0 Å². The van der Waals surface area contributed by atoms with E-state index in [4.69, 9.17) is 0 Å². The van der Waals surface area contributed by atoms with E-state index in [2.05, 4.69) is 25.3 Å². The molecule has 0 aliphatic rings. The molecule has 1 aromatic carbocycles. The van der Waals surface area contributed by atoms with Gasteiger partial charge in [-0.3, -0.25) is 0 Å². The van der Waals surface area contributed by atoms with E-state index in [0.29, 0.717) is 6.54 Å². The van der Waals surface area contributed by atoms with Crippen molar-refractivity contribution in [1.82, 2.24) is 19.9 Å². The molecular formula is C12H11N5. The summed E-state index contributed by atoms with van der Waals surface area (Å²) in [5.41, 5.74) is 1.96. The predicted molar refractivity (Wildman–Crippen MR) is 65.5 cm³/mol. The van der Waals surface area contributed by atoms with Gasteiger partial charge < -0.3 is 10.3 Å². The van der Waals surface area contributed by atoms with Crippen molar-refractivity contribution in [3.05, 3.63) is 48.8 Å². The highest BCUT2D eigenvalue weighted by atomic mass is 15.0. The second kappa shape index (κ2) is 4.21. The molecule has 2 aromatic heterocycles. The summed E-state index contributed by atoms with van der Waals surface area (Å²) >= 11 is 0. The first-order valence-corrected chi connectivity index (χ1v) is 5.34. The molecule has 2 heterocycles. The number of rotatable bonds is 3. The average Bonchev–Trinajstić information content (AvgIpc) is 2.89. The molecule has 0 bridgehead atoms. The Morgan fingerprint density at radius 1 is 1.18 bits per heavy atom. The van der Waals surface area contributed by atoms with E-state index in [1.807, 2.05) is 24.3 Å². The third-order valence-electron chi connectivity index (χ3n) is 2.54. The van der Waals surface area contributed by atoms with E-state index >= 15 is 0 Å². The third-order valence-corrected chi connectivity index (χ3v) is 2.54. The predicted octanol–water partition coefficient (Wildman–Crippen LogP) is 1.96. The second-order valence-electron chi connectivity index (χ2n) is 3.67. The first-order valence-electron chi connectivity index (χ1n) is 5.34. The highest BCUT2D eigenvalue weighted by Crippen LogP contribution is 2.18. The summed E-state index contributed by atoms with van der Waals surface area (Å²) < 4.78 is 0. The molecule has 3 aromatic rings. The zero-order chi connectivity index (χ0) is 11.5. The van der Waals surface area contributed by atoms with Gasteiger partial charge in [0.2, 0.25) is 0 Å². The van der Waals surface area contributed by atoms with Crippen LogP contribution in [-0.2, 0) is 6.54 Å². The summed E-state index contributed by atoms with van der Waals surface area (Å²) in [6.45, 7) is 0.668. The van der Waals surface area contributed by atoms with Crippen LogP contribution in [0.3, 0.4) is 0 Å². The quantitative estimate of drug-likeness (QED) is 0.715. The van der Waals surface area contributed by atoms with Crippen LogP contribution in [0, 0.1) is 0 Å². The highest BCUT2D eigenvalue weighted by molar-refractivity contribution is 5.88. The number of H-pyrrole nitrogens is 1. The van der Waals surface area contributed by atoms with Gasteiger partial charge >= 0.3 is 0 Å². The van der Waals surface area contributed by atoms with Crippen molar-refractivity contribution >= 4 is 16.7 Å². The van der Waals surface area contributed by atoms with Gasteiger partial charge in [-0.25, -0.2) is 15.0 Å². The van der Waals surface area contributed by atoms with Crippen LogP contribution in [0.25, 0.3) is 10.9 Å². The SMILES string of the molecule is c1ccc2c(NCc3cnc[nH]3)ncnc2c1. The number of aromatic amines is 1. The number of imidazole rings is 1. The molecule has 0 aliphatic heterocycles. The Morgan fingerprint density at radius 3 is 3.00 bits per heavy atom. The lowest BCUT2D eigenvalue weighted by atomic mass is 10.2. The average molecular weight is 225 g/mol. The van der Waals surface area contributed by atoms with Gasteiger partial charge in [0, 0.05) is 11.6 Å². The van der Waals surface area contributed by atoms with Crippen molar-refractivity contribution in [2.45, 2.75) is 6.54 Å². The lowest BCUT2D eigenvalue weighted by Gasteiger charge is -2.06. The molecular weight excluding hydrogens is 214 g/mol. The molecule has 0 spiro atoms. The fourth-order valence-corrected chi connectivity index (χ4v) is 1.71. The first-order chi connectivity index (χ1) is 8.43. The summed E-state index contributed by atoms with van der Waals surface area (Å²) in [6.07, 6.45) is 5.02. The minimum atomic E-state index is 0.668. The van der Waals surface area contributed by atoms with E-state index < -0.39 is 0 Å². The number of para-hydroxylation sites is 1. The van der Waals surface area contributed by atoms with Crippen LogP contribution < -0.4 is 5.32 Å². The summed E-state index contributed by atoms with van der Waals surface area (Å²) in [5, 5.41) is 4.29. The van der Waals surface area contributed by atoms with Crippen LogP contribution in [0.5, 0.6) is 0 Å². The van der Waals surface area contributed by atoms with Gasteiger partial charge in [0.1, 0.15) is 12.1 Å². The zero-order valence-corrected chi connectivity index (χ0v) is 9.09. The van der Waals surface area contributed by atoms with Crippen LogP contribution in [0.15, 0.2) is 43.1 Å². The maximum Gasteiger partial charge on any atom is 0.137 e. The minimum Gasteiger partial charge on any atom is -0.364 e. The van der Waals surface area contributed by atoms with Gasteiger partial charge in [0.25, 0.3) is 0 Å². The van der Waals surface area contributed by atoms with Crippen molar-refractivity contribution in [2.24, 2.45) is 0 Å². The van der Waals surface area contributed by atoms with Gasteiger partial charge in [0.15, 0.2) is 0 Å². The number of anilines is 1. The van der Waals surface area contributed by atoms with Crippen molar-refractivity contribution in [1.29, 1.82) is 0 Å². The van der Waals surface area contributed by atoms with Gasteiger partial charge in [0.05, 0.1) is 24.1 Å². The van der Waals surface area contributed by atoms with E-state index in [0.717, 1.165) is 22.4 Å². The Bertz CT molecular complexity index is 612. The molecule has 3 rings (SSSR count).